The number of alkyl halides is 1. The molecule has 2 atom stereocenters. The van der Waals surface area contributed by atoms with Crippen molar-refractivity contribution in [1.82, 2.24) is 4.90 Å². The molecule has 2 N–H and O–H groups in total. The Morgan fingerprint density at radius 1 is 1.15 bits per heavy atom. The van der Waals surface area contributed by atoms with Crippen LogP contribution in [0, 0.1) is 5.92 Å². The van der Waals surface area contributed by atoms with E-state index in [1.165, 1.54) is 0 Å². The number of aliphatic carboxylic acids is 1. The van der Waals surface area contributed by atoms with Crippen LogP contribution >= 0.6 is 0 Å². The molecular formula is C22H24FNO3. The summed E-state index contributed by atoms with van der Waals surface area (Å²) in [6, 6.07) is 13.4. The van der Waals surface area contributed by atoms with E-state index in [1.807, 2.05) is 0 Å². The van der Waals surface area contributed by atoms with E-state index in [1.54, 1.807) is 48.5 Å². The summed E-state index contributed by atoms with van der Waals surface area (Å²) in [7, 11) is 0. The minimum atomic E-state index is -2.16. The van der Waals surface area contributed by atoms with Crippen LogP contribution in [0.3, 0.4) is 0 Å². The summed E-state index contributed by atoms with van der Waals surface area (Å²) in [5.74, 6) is -0.713. The molecule has 3 saturated heterocycles. The smallest absolute Gasteiger partial charge is 0.345 e. The van der Waals surface area contributed by atoms with Crippen LogP contribution in [0.4, 0.5) is 4.39 Å². The molecule has 4 nitrogen and oxygen atoms in total. The van der Waals surface area contributed by atoms with Crippen molar-refractivity contribution in [2.75, 3.05) is 13.1 Å². The molecule has 0 unspecified atom stereocenters. The van der Waals surface area contributed by atoms with Gasteiger partial charge in [0, 0.05) is 11.6 Å². The van der Waals surface area contributed by atoms with Gasteiger partial charge in [0.1, 0.15) is 6.67 Å². The van der Waals surface area contributed by atoms with Crippen LogP contribution < -0.4 is 0 Å². The Labute approximate surface area is 158 Å². The molecular weight excluding hydrogens is 345 g/mol. The van der Waals surface area contributed by atoms with Crippen LogP contribution in [0.15, 0.2) is 48.5 Å². The summed E-state index contributed by atoms with van der Waals surface area (Å²) in [5.41, 5.74) is -0.261. The van der Waals surface area contributed by atoms with Gasteiger partial charge in [-0.05, 0) is 55.0 Å². The summed E-state index contributed by atoms with van der Waals surface area (Å²) >= 11 is 0. The van der Waals surface area contributed by atoms with Crippen molar-refractivity contribution in [2.24, 2.45) is 5.92 Å². The third-order valence-corrected chi connectivity index (χ3v) is 6.17. The Kier molecular flexibility index (Phi) is 4.74. The zero-order chi connectivity index (χ0) is 19.0. The minimum absolute atomic E-state index is 0.0218. The lowest BCUT2D eigenvalue weighted by atomic mass is 9.75. The van der Waals surface area contributed by atoms with E-state index in [0.29, 0.717) is 22.6 Å². The molecule has 0 spiro atoms. The van der Waals surface area contributed by atoms with Crippen LogP contribution in [0.1, 0.15) is 47.6 Å². The monoisotopic (exact) mass is 369 g/mol. The number of carbonyl (C=O) groups is 1. The molecule has 2 bridgehead atoms. The van der Waals surface area contributed by atoms with Gasteiger partial charge in [0.25, 0.3) is 0 Å². The van der Waals surface area contributed by atoms with Gasteiger partial charge in [0.05, 0.1) is 0 Å². The molecule has 2 aromatic carbocycles. The Bertz CT molecular complexity index is 833. The van der Waals surface area contributed by atoms with Crippen molar-refractivity contribution in [3.8, 4) is 0 Å². The molecule has 27 heavy (non-hydrogen) atoms. The van der Waals surface area contributed by atoms with Crippen LogP contribution in [0.5, 0.6) is 0 Å². The maximum Gasteiger partial charge on any atom is 0.345 e. The van der Waals surface area contributed by atoms with Gasteiger partial charge in [-0.3, -0.25) is 4.90 Å². The fourth-order valence-electron chi connectivity index (χ4n) is 4.66. The molecule has 5 heteroatoms. The highest BCUT2D eigenvalue weighted by atomic mass is 19.1. The number of carboxylic acids is 1. The van der Waals surface area contributed by atoms with E-state index in [0.717, 1.165) is 37.9 Å². The van der Waals surface area contributed by atoms with Gasteiger partial charge >= 0.3 is 5.97 Å². The minimum Gasteiger partial charge on any atom is -0.479 e. The molecule has 0 aliphatic carbocycles. The molecule has 0 saturated carbocycles. The highest BCUT2D eigenvalue weighted by Gasteiger charge is 2.44. The number of hydrogen-bond acceptors (Lipinski definition) is 3. The predicted octanol–water partition coefficient (Wildman–Crippen LogP) is 3.63. The standard InChI is InChI=1S/C22H24FNO3/c23-14-16-6-7-19(22(27,21(25)26)17-4-2-1-3-5-17)18(12-16)20-13-15-8-10-24(20)11-9-15/h1-7,12,15,20,27H,8-11,13-14H2,(H,25,26)/t20-,22-/m1/s1. The quantitative estimate of drug-likeness (QED) is 0.845. The Hall–Kier alpha value is -2.24. The van der Waals surface area contributed by atoms with E-state index >= 15 is 0 Å². The lowest BCUT2D eigenvalue weighted by Gasteiger charge is -2.47. The zero-order valence-corrected chi connectivity index (χ0v) is 15.1. The van der Waals surface area contributed by atoms with Crippen molar-refractivity contribution >= 4 is 5.97 Å². The first-order chi connectivity index (χ1) is 13.0. The normalized spacial score (nSPS) is 26.5. The molecule has 3 heterocycles. The number of halogens is 1. The van der Waals surface area contributed by atoms with Crippen molar-refractivity contribution in [3.05, 3.63) is 70.8 Å². The SMILES string of the molecule is O=C(O)[C@@](O)(c1ccccc1)c1ccc(CF)cc1[C@H]1CC2CCN1CC2. The average Bonchev–Trinajstić information content (AvgIpc) is 2.74. The van der Waals surface area contributed by atoms with E-state index in [4.69, 9.17) is 0 Å². The second-order valence-corrected chi connectivity index (χ2v) is 7.67. The molecule has 142 valence electrons. The average molecular weight is 369 g/mol. The number of carboxylic acid groups (broad SMARTS) is 1. The van der Waals surface area contributed by atoms with Gasteiger partial charge in [-0.15, -0.1) is 0 Å². The largest absolute Gasteiger partial charge is 0.479 e. The van der Waals surface area contributed by atoms with Gasteiger partial charge < -0.3 is 10.2 Å². The number of hydrogen-bond donors (Lipinski definition) is 2. The molecule has 0 radical (unpaired) electrons. The second-order valence-electron chi connectivity index (χ2n) is 7.67. The van der Waals surface area contributed by atoms with Crippen LogP contribution in [0.25, 0.3) is 0 Å². The van der Waals surface area contributed by atoms with E-state index in [9.17, 15) is 19.4 Å². The molecule has 3 fully saturated rings. The van der Waals surface area contributed by atoms with Crippen molar-refractivity contribution in [1.29, 1.82) is 0 Å². The lowest BCUT2D eigenvalue weighted by Crippen LogP contribution is -2.45. The number of piperidine rings is 3. The summed E-state index contributed by atoms with van der Waals surface area (Å²) in [6.45, 7) is 1.32. The van der Waals surface area contributed by atoms with Gasteiger partial charge in [-0.25, -0.2) is 9.18 Å². The van der Waals surface area contributed by atoms with Gasteiger partial charge in [0.2, 0.25) is 5.60 Å². The highest BCUT2D eigenvalue weighted by Crippen LogP contribution is 2.44. The molecule has 5 rings (SSSR count). The first kappa shape index (κ1) is 18.1. The van der Waals surface area contributed by atoms with Gasteiger partial charge in [0.15, 0.2) is 0 Å². The number of aliphatic hydroxyl groups is 1. The topological polar surface area (TPSA) is 60.8 Å². The first-order valence-electron chi connectivity index (χ1n) is 9.48. The second kappa shape index (κ2) is 7.06. The van der Waals surface area contributed by atoms with Crippen molar-refractivity contribution < 1.29 is 19.4 Å². The predicted molar refractivity (Wildman–Crippen MR) is 100.0 cm³/mol. The van der Waals surface area contributed by atoms with Gasteiger partial charge in [-0.2, -0.15) is 0 Å². The Balaban J connectivity index is 1.88. The van der Waals surface area contributed by atoms with Gasteiger partial charge in [-0.1, -0.05) is 48.5 Å². The van der Waals surface area contributed by atoms with Crippen LogP contribution in [-0.2, 0) is 17.1 Å². The van der Waals surface area contributed by atoms with Crippen molar-refractivity contribution in [3.63, 3.8) is 0 Å². The van der Waals surface area contributed by atoms with E-state index < -0.39 is 18.2 Å². The Morgan fingerprint density at radius 3 is 2.41 bits per heavy atom. The lowest BCUT2D eigenvalue weighted by molar-refractivity contribution is -0.155. The maximum absolute atomic E-state index is 13.4. The fraction of sp³-hybridized carbons (Fsp3) is 0.409. The number of nitrogens with zero attached hydrogens (tertiary/aromatic N) is 1. The number of fused-ring (bicyclic) bond motifs is 3. The number of rotatable bonds is 5. The first-order valence-corrected chi connectivity index (χ1v) is 9.48. The summed E-state index contributed by atoms with van der Waals surface area (Å²) < 4.78 is 13.4. The molecule has 3 aliphatic rings. The number of benzene rings is 2. The highest BCUT2D eigenvalue weighted by molar-refractivity contribution is 5.84. The third-order valence-electron chi connectivity index (χ3n) is 6.17. The summed E-state index contributed by atoms with van der Waals surface area (Å²) in [4.78, 5) is 14.6. The van der Waals surface area contributed by atoms with Crippen molar-refractivity contribution in [2.45, 2.75) is 37.6 Å². The molecule has 0 amide bonds. The van der Waals surface area contributed by atoms with E-state index in [-0.39, 0.29) is 6.04 Å². The Morgan fingerprint density at radius 2 is 1.85 bits per heavy atom. The summed E-state index contributed by atoms with van der Waals surface area (Å²) in [5, 5.41) is 21.3. The molecule has 0 aromatic heterocycles. The van der Waals surface area contributed by atoms with Crippen LogP contribution in [-0.4, -0.2) is 34.2 Å². The molecule has 3 aliphatic heterocycles. The maximum atomic E-state index is 13.4. The van der Waals surface area contributed by atoms with Crippen LogP contribution in [0.2, 0.25) is 0 Å². The zero-order valence-electron chi connectivity index (χ0n) is 15.1. The van der Waals surface area contributed by atoms with E-state index in [2.05, 4.69) is 4.90 Å². The summed E-state index contributed by atoms with van der Waals surface area (Å²) in [6.07, 6.45) is 3.22. The molecule has 2 aromatic rings. The third kappa shape index (κ3) is 3.05. The fourth-order valence-corrected chi connectivity index (χ4v) is 4.66.